The fourth-order valence-corrected chi connectivity index (χ4v) is 4.99. The lowest BCUT2D eigenvalue weighted by molar-refractivity contribution is -0.139. The van der Waals surface area contributed by atoms with Gasteiger partial charge in [-0.3, -0.25) is 24.4 Å². The summed E-state index contributed by atoms with van der Waals surface area (Å²) in [5.74, 6) is -4.76. The molecule has 3 N–H and O–H groups in total. The van der Waals surface area contributed by atoms with E-state index in [0.717, 1.165) is 24.3 Å². The number of aromatic amines is 1. The molecule has 2 atom stereocenters. The van der Waals surface area contributed by atoms with E-state index in [2.05, 4.69) is 9.88 Å². The first-order chi connectivity index (χ1) is 15.2. The van der Waals surface area contributed by atoms with Crippen LogP contribution < -0.4 is 11.3 Å². The quantitative estimate of drug-likeness (QED) is 0.738. The number of alkyl halides is 2. The molecule has 9 heteroatoms. The van der Waals surface area contributed by atoms with Crippen LogP contribution in [0.2, 0.25) is 0 Å². The van der Waals surface area contributed by atoms with Crippen LogP contribution in [0.3, 0.4) is 0 Å². The van der Waals surface area contributed by atoms with E-state index in [1.807, 2.05) is 12.1 Å². The van der Waals surface area contributed by atoms with E-state index in [1.165, 1.54) is 31.2 Å². The second kappa shape index (κ2) is 7.45. The first kappa shape index (κ1) is 21.2. The molecule has 2 aliphatic heterocycles. The second-order valence-corrected chi connectivity index (χ2v) is 9.37. The van der Waals surface area contributed by atoms with Gasteiger partial charge in [0, 0.05) is 50.9 Å². The molecule has 32 heavy (non-hydrogen) atoms. The molecule has 4 heterocycles. The van der Waals surface area contributed by atoms with Crippen molar-refractivity contribution in [2.45, 2.75) is 62.7 Å². The second-order valence-electron chi connectivity index (χ2n) is 9.37. The highest BCUT2D eigenvalue weighted by atomic mass is 19.3. The van der Waals surface area contributed by atoms with Crippen molar-refractivity contribution >= 4 is 5.91 Å². The molecular formula is C23H27F2N5O2. The maximum Gasteiger partial charge on any atom is 0.257 e. The fourth-order valence-electron chi connectivity index (χ4n) is 4.99. The molecule has 0 spiro atoms. The van der Waals surface area contributed by atoms with Crippen molar-refractivity contribution in [1.82, 2.24) is 19.8 Å². The summed E-state index contributed by atoms with van der Waals surface area (Å²) < 4.78 is 29.7. The molecule has 2 aromatic rings. The fraction of sp³-hybridized carbons (Fsp3) is 0.522. The zero-order valence-corrected chi connectivity index (χ0v) is 18.0. The van der Waals surface area contributed by atoms with Gasteiger partial charge in [0.15, 0.2) is 0 Å². The Morgan fingerprint density at radius 3 is 2.69 bits per heavy atom. The van der Waals surface area contributed by atoms with Gasteiger partial charge in [0.05, 0.1) is 17.3 Å². The van der Waals surface area contributed by atoms with E-state index in [9.17, 15) is 18.4 Å². The van der Waals surface area contributed by atoms with Gasteiger partial charge in [0.2, 0.25) is 11.5 Å². The molecule has 7 nitrogen and oxygen atoms in total. The Hall–Kier alpha value is -2.65. The lowest BCUT2D eigenvalue weighted by atomic mass is 9.83. The third-order valence-corrected chi connectivity index (χ3v) is 7.31. The number of hydrogen-bond acceptors (Lipinski definition) is 5. The van der Waals surface area contributed by atoms with E-state index in [4.69, 9.17) is 10.7 Å². The lowest BCUT2D eigenvalue weighted by Crippen LogP contribution is -2.59. The molecule has 1 saturated heterocycles. The highest BCUT2D eigenvalue weighted by Gasteiger charge is 2.51. The summed E-state index contributed by atoms with van der Waals surface area (Å²) in [4.78, 5) is 35.5. The molecule has 1 aliphatic carbocycles. The summed E-state index contributed by atoms with van der Waals surface area (Å²) in [7, 11) is 0. The molecule has 1 saturated carbocycles. The van der Waals surface area contributed by atoms with E-state index in [-0.39, 0.29) is 18.6 Å². The third kappa shape index (κ3) is 3.53. The summed E-state index contributed by atoms with van der Waals surface area (Å²) >= 11 is 0. The highest BCUT2D eigenvalue weighted by molar-refractivity contribution is 5.85. The number of H-pyrrole nitrogens is 1. The number of hydrogen-bond donors (Lipinski definition) is 2. The zero-order chi connectivity index (χ0) is 22.7. The maximum atomic E-state index is 14.9. The molecule has 0 radical (unpaired) electrons. The zero-order valence-electron chi connectivity index (χ0n) is 18.0. The normalized spacial score (nSPS) is 25.3. The number of carbonyl (C=O) groups is 1. The molecule has 3 aliphatic rings. The molecule has 5 rings (SSSR count). The predicted octanol–water partition coefficient (Wildman–Crippen LogP) is 2.07. The van der Waals surface area contributed by atoms with Gasteiger partial charge in [0.25, 0.3) is 5.92 Å². The third-order valence-electron chi connectivity index (χ3n) is 7.31. The largest absolute Gasteiger partial charge is 0.368 e. The van der Waals surface area contributed by atoms with E-state index in [0.29, 0.717) is 17.3 Å². The number of primary amides is 1. The van der Waals surface area contributed by atoms with Crippen molar-refractivity contribution in [1.29, 1.82) is 0 Å². The number of likely N-dealkylation sites (tertiary alicyclic amines) is 1. The molecule has 2 fully saturated rings. The van der Waals surface area contributed by atoms with Crippen LogP contribution in [-0.2, 0) is 23.4 Å². The summed E-state index contributed by atoms with van der Waals surface area (Å²) in [5.41, 5.74) is 7.09. The maximum absolute atomic E-state index is 14.9. The van der Waals surface area contributed by atoms with Crippen molar-refractivity contribution in [2.24, 2.45) is 5.73 Å². The smallest absolute Gasteiger partial charge is 0.257 e. The number of nitrogens with two attached hydrogens (primary N) is 1. The van der Waals surface area contributed by atoms with Crippen molar-refractivity contribution in [2.75, 3.05) is 13.1 Å². The Labute approximate surface area is 184 Å². The summed E-state index contributed by atoms with van der Waals surface area (Å²) in [6.07, 6.45) is 3.31. The molecule has 1 amide bonds. The summed E-state index contributed by atoms with van der Waals surface area (Å²) in [6.45, 7) is 3.20. The van der Waals surface area contributed by atoms with Crippen LogP contribution in [0.5, 0.6) is 0 Å². The molecule has 0 bridgehead atoms. The van der Waals surface area contributed by atoms with Crippen LogP contribution in [0.4, 0.5) is 8.78 Å². The number of fused-ring (bicyclic) bond motifs is 1. The van der Waals surface area contributed by atoms with Gasteiger partial charge in [-0.1, -0.05) is 12.1 Å². The minimum atomic E-state index is -2.97. The average Bonchev–Trinajstić information content (AvgIpc) is 3.52. The van der Waals surface area contributed by atoms with Crippen LogP contribution in [0.1, 0.15) is 54.6 Å². The van der Waals surface area contributed by atoms with Gasteiger partial charge in [-0.2, -0.15) is 0 Å². The number of amides is 1. The van der Waals surface area contributed by atoms with Crippen LogP contribution in [0.25, 0.3) is 0 Å². The number of nitrogens with zero attached hydrogens (tertiary/aromatic N) is 3. The van der Waals surface area contributed by atoms with E-state index < -0.39 is 29.7 Å². The van der Waals surface area contributed by atoms with Crippen LogP contribution >= 0.6 is 0 Å². The number of carbonyl (C=O) groups excluding carboxylic acids is 1. The topological polar surface area (TPSA) is 95.3 Å². The number of rotatable bonds is 5. The van der Waals surface area contributed by atoms with Crippen molar-refractivity contribution in [3.8, 4) is 0 Å². The molecule has 1 unspecified atom stereocenters. The predicted molar refractivity (Wildman–Crippen MR) is 114 cm³/mol. The van der Waals surface area contributed by atoms with Gasteiger partial charge >= 0.3 is 0 Å². The van der Waals surface area contributed by atoms with Crippen LogP contribution in [0.15, 0.2) is 35.3 Å². The molecular weight excluding hydrogens is 416 g/mol. The van der Waals surface area contributed by atoms with Crippen molar-refractivity contribution in [3.05, 3.63) is 63.3 Å². The Balaban J connectivity index is 1.47. The van der Waals surface area contributed by atoms with Gasteiger partial charge in [-0.05, 0) is 37.0 Å². The Morgan fingerprint density at radius 2 is 2.03 bits per heavy atom. The molecule has 0 aromatic carbocycles. The van der Waals surface area contributed by atoms with Gasteiger partial charge in [-0.15, -0.1) is 0 Å². The Morgan fingerprint density at radius 1 is 1.25 bits per heavy atom. The number of halogens is 2. The first-order valence-electron chi connectivity index (χ1n) is 11.0. The number of pyridine rings is 2. The van der Waals surface area contributed by atoms with Crippen molar-refractivity contribution < 1.29 is 13.6 Å². The van der Waals surface area contributed by atoms with Gasteiger partial charge in [0.1, 0.15) is 5.54 Å². The monoisotopic (exact) mass is 443 g/mol. The van der Waals surface area contributed by atoms with Gasteiger partial charge in [-0.25, -0.2) is 8.78 Å². The number of nitrogens with one attached hydrogen (secondary N) is 1. The Kier molecular flexibility index (Phi) is 4.94. The van der Waals surface area contributed by atoms with Crippen LogP contribution in [0, 0.1) is 0 Å². The average molecular weight is 443 g/mol. The number of aromatic nitrogens is 2. The highest BCUT2D eigenvalue weighted by Crippen LogP contribution is 2.44. The number of piperidine rings is 1. The SMILES string of the molecule is CC(C(N)=O)(c1ccc2c(n1)CN(C1CC1)C2)N1CCC(F)(F)[C@@H](c2ccc(=O)[nH]c2)C1. The first-order valence-corrected chi connectivity index (χ1v) is 11.0. The summed E-state index contributed by atoms with van der Waals surface area (Å²) in [6, 6.07) is 7.06. The molecule has 170 valence electrons. The Bertz CT molecular complexity index is 1100. The van der Waals surface area contributed by atoms with E-state index >= 15 is 0 Å². The summed E-state index contributed by atoms with van der Waals surface area (Å²) in [5, 5.41) is 0. The minimum Gasteiger partial charge on any atom is -0.368 e. The molecule has 2 aromatic heterocycles. The van der Waals surface area contributed by atoms with E-state index in [1.54, 1.807) is 11.8 Å². The lowest BCUT2D eigenvalue weighted by Gasteiger charge is -2.46. The van der Waals surface area contributed by atoms with Crippen LogP contribution in [-0.4, -0.2) is 50.7 Å². The van der Waals surface area contributed by atoms with Gasteiger partial charge < -0.3 is 10.7 Å². The standard InChI is InChI=1S/C23H27F2N5O2/c1-22(21(26)32,19-6-2-15-11-29(16-4-5-16)13-18(15)28-19)30-9-8-23(24,25)17(12-30)14-3-7-20(31)27-10-14/h2-3,6-7,10,16-17H,4-5,8-9,11-13H2,1H3,(H2,26,32)(H,27,31)/t17-,22?/m1/s1. The minimum absolute atomic E-state index is 0.0132. The van der Waals surface area contributed by atoms with Crippen molar-refractivity contribution in [3.63, 3.8) is 0 Å².